The van der Waals surface area contributed by atoms with Gasteiger partial charge in [-0.1, -0.05) is 6.07 Å². The molecule has 2 aromatic rings. The molecule has 1 atom stereocenters. The van der Waals surface area contributed by atoms with Crippen LogP contribution in [0.4, 0.5) is 8.78 Å². The Morgan fingerprint density at radius 1 is 1.15 bits per heavy atom. The number of nitrogens with zero attached hydrogens (tertiary/aromatic N) is 2. The Labute approximate surface area is 153 Å². The van der Waals surface area contributed by atoms with Gasteiger partial charge in [-0.25, -0.2) is 8.78 Å². The minimum atomic E-state index is -0.560. The summed E-state index contributed by atoms with van der Waals surface area (Å²) in [6, 6.07) is 7.16. The minimum absolute atomic E-state index is 0.0349. The summed E-state index contributed by atoms with van der Waals surface area (Å²) in [5.41, 5.74) is 0.0349. The average molecular weight is 364 g/mol. The van der Waals surface area contributed by atoms with Gasteiger partial charge in [0.05, 0.1) is 18.8 Å². The van der Waals surface area contributed by atoms with E-state index in [0.29, 0.717) is 19.0 Å². The van der Waals surface area contributed by atoms with Crippen LogP contribution in [0.5, 0.6) is 0 Å². The van der Waals surface area contributed by atoms with Gasteiger partial charge < -0.3 is 20.0 Å². The van der Waals surface area contributed by atoms with Crippen molar-refractivity contribution < 1.29 is 13.2 Å². The Kier molecular flexibility index (Phi) is 7.59. The molecule has 7 heteroatoms. The van der Waals surface area contributed by atoms with Crippen molar-refractivity contribution in [1.82, 2.24) is 15.5 Å². The molecule has 142 valence electrons. The van der Waals surface area contributed by atoms with Crippen molar-refractivity contribution in [1.29, 1.82) is 0 Å². The Morgan fingerprint density at radius 3 is 2.46 bits per heavy atom. The van der Waals surface area contributed by atoms with Crippen molar-refractivity contribution in [3.63, 3.8) is 0 Å². The molecule has 2 rings (SSSR count). The molecule has 0 fully saturated rings. The number of aliphatic imine (C=N–C) groups is 1. The maximum atomic E-state index is 14.1. The Bertz CT molecular complexity index is 681. The van der Waals surface area contributed by atoms with Crippen molar-refractivity contribution in [3.05, 3.63) is 59.6 Å². The van der Waals surface area contributed by atoms with Gasteiger partial charge in [-0.2, -0.15) is 0 Å². The van der Waals surface area contributed by atoms with Crippen LogP contribution in [0.15, 0.2) is 46.0 Å². The summed E-state index contributed by atoms with van der Waals surface area (Å²) in [6.07, 6.45) is 2.36. The summed E-state index contributed by atoms with van der Waals surface area (Å²) in [4.78, 5) is 6.26. The van der Waals surface area contributed by atoms with E-state index in [1.165, 1.54) is 18.2 Å². The number of rotatable bonds is 8. The lowest BCUT2D eigenvalue weighted by Gasteiger charge is -2.24. The first-order valence-corrected chi connectivity index (χ1v) is 8.67. The number of hydrogen-bond donors (Lipinski definition) is 2. The largest absolute Gasteiger partial charge is 0.469 e. The summed E-state index contributed by atoms with van der Waals surface area (Å²) < 4.78 is 33.6. The topological polar surface area (TPSA) is 52.8 Å². The van der Waals surface area contributed by atoms with Crippen LogP contribution in [-0.4, -0.2) is 44.6 Å². The molecule has 0 spiro atoms. The Hall–Kier alpha value is -2.41. The number of hydrogen-bond acceptors (Lipinski definition) is 3. The first-order valence-electron chi connectivity index (χ1n) is 8.67. The fraction of sp³-hybridized carbons (Fsp3) is 0.421. The second kappa shape index (κ2) is 9.91. The van der Waals surface area contributed by atoms with E-state index in [2.05, 4.69) is 15.6 Å². The molecule has 0 bridgehead atoms. The van der Waals surface area contributed by atoms with Crippen molar-refractivity contribution in [2.24, 2.45) is 4.99 Å². The van der Waals surface area contributed by atoms with Crippen molar-refractivity contribution >= 4 is 5.96 Å². The number of furan rings is 1. The molecule has 0 amide bonds. The van der Waals surface area contributed by atoms with Crippen LogP contribution in [0.3, 0.4) is 0 Å². The lowest BCUT2D eigenvalue weighted by Crippen LogP contribution is -2.39. The molecule has 0 radical (unpaired) electrons. The SMILES string of the molecule is CCNC(=NCC(c1c(F)cccc1F)N(C)C)NCCc1ccco1. The van der Waals surface area contributed by atoms with E-state index in [1.807, 2.05) is 19.1 Å². The highest BCUT2D eigenvalue weighted by Crippen LogP contribution is 2.24. The van der Waals surface area contributed by atoms with E-state index in [0.717, 1.165) is 12.2 Å². The predicted molar refractivity (Wildman–Crippen MR) is 99.2 cm³/mol. The van der Waals surface area contributed by atoms with E-state index in [4.69, 9.17) is 4.42 Å². The molecule has 0 saturated carbocycles. The number of halogens is 2. The summed E-state index contributed by atoms with van der Waals surface area (Å²) in [7, 11) is 3.56. The summed E-state index contributed by atoms with van der Waals surface area (Å²) >= 11 is 0. The van der Waals surface area contributed by atoms with Crippen LogP contribution >= 0.6 is 0 Å². The third-order valence-corrected chi connectivity index (χ3v) is 3.97. The number of guanidine groups is 1. The zero-order chi connectivity index (χ0) is 18.9. The van der Waals surface area contributed by atoms with Crippen LogP contribution < -0.4 is 10.6 Å². The summed E-state index contributed by atoms with van der Waals surface area (Å²) in [5, 5.41) is 6.35. The van der Waals surface area contributed by atoms with Crippen LogP contribution in [-0.2, 0) is 6.42 Å². The van der Waals surface area contributed by atoms with Gasteiger partial charge in [0.2, 0.25) is 0 Å². The second-order valence-electron chi connectivity index (χ2n) is 6.09. The highest BCUT2D eigenvalue weighted by atomic mass is 19.1. The van der Waals surface area contributed by atoms with Crippen molar-refractivity contribution in [2.45, 2.75) is 19.4 Å². The zero-order valence-corrected chi connectivity index (χ0v) is 15.4. The average Bonchev–Trinajstić information content (AvgIpc) is 3.10. The molecule has 5 nitrogen and oxygen atoms in total. The number of nitrogens with one attached hydrogen (secondary N) is 2. The first kappa shape index (κ1) is 19.9. The highest BCUT2D eigenvalue weighted by molar-refractivity contribution is 5.79. The van der Waals surface area contributed by atoms with Crippen molar-refractivity contribution in [3.8, 4) is 0 Å². The van der Waals surface area contributed by atoms with Gasteiger partial charge in [0.25, 0.3) is 0 Å². The fourth-order valence-corrected chi connectivity index (χ4v) is 2.62. The van der Waals surface area contributed by atoms with Crippen LogP contribution in [0, 0.1) is 11.6 Å². The Balaban J connectivity index is 2.06. The quantitative estimate of drug-likeness (QED) is 0.559. The van der Waals surface area contributed by atoms with E-state index >= 15 is 0 Å². The Morgan fingerprint density at radius 2 is 1.88 bits per heavy atom. The molecule has 1 heterocycles. The van der Waals surface area contributed by atoms with Crippen molar-refractivity contribution in [2.75, 3.05) is 33.7 Å². The maximum Gasteiger partial charge on any atom is 0.191 e. The maximum absolute atomic E-state index is 14.1. The number of benzene rings is 1. The molecular weight excluding hydrogens is 338 g/mol. The minimum Gasteiger partial charge on any atom is -0.469 e. The van der Waals surface area contributed by atoms with E-state index < -0.39 is 17.7 Å². The third kappa shape index (κ3) is 5.56. The van der Waals surface area contributed by atoms with Gasteiger partial charge in [0, 0.05) is 25.1 Å². The summed E-state index contributed by atoms with van der Waals surface area (Å²) in [5.74, 6) is 0.361. The predicted octanol–water partition coefficient (Wildman–Crippen LogP) is 2.96. The van der Waals surface area contributed by atoms with E-state index in [-0.39, 0.29) is 12.1 Å². The van der Waals surface area contributed by atoms with Crippen LogP contribution in [0.25, 0.3) is 0 Å². The molecule has 0 saturated heterocycles. The number of likely N-dealkylation sites (N-methyl/N-ethyl adjacent to an activating group) is 1. The normalized spacial score (nSPS) is 13.1. The van der Waals surface area contributed by atoms with E-state index in [1.54, 1.807) is 25.3 Å². The molecule has 2 N–H and O–H groups in total. The fourth-order valence-electron chi connectivity index (χ4n) is 2.62. The summed E-state index contributed by atoms with van der Waals surface area (Å²) in [6.45, 7) is 3.51. The second-order valence-corrected chi connectivity index (χ2v) is 6.09. The van der Waals surface area contributed by atoms with Gasteiger partial charge in [-0.15, -0.1) is 0 Å². The molecule has 0 aliphatic carbocycles. The molecule has 1 aromatic heterocycles. The van der Waals surface area contributed by atoms with Gasteiger partial charge >= 0.3 is 0 Å². The highest BCUT2D eigenvalue weighted by Gasteiger charge is 2.22. The lowest BCUT2D eigenvalue weighted by molar-refractivity contribution is 0.290. The smallest absolute Gasteiger partial charge is 0.191 e. The standard InChI is InChI=1S/C19H26F2N4O/c1-4-22-19(23-11-10-14-7-6-12-26-14)24-13-17(25(2)3)18-15(20)8-5-9-16(18)21/h5-9,12,17H,4,10-11,13H2,1-3H3,(H2,22,23,24). The molecular formula is C19H26F2N4O. The molecule has 26 heavy (non-hydrogen) atoms. The van der Waals surface area contributed by atoms with Crippen LogP contribution in [0.2, 0.25) is 0 Å². The zero-order valence-electron chi connectivity index (χ0n) is 15.4. The lowest BCUT2D eigenvalue weighted by atomic mass is 10.0. The van der Waals surface area contributed by atoms with Gasteiger partial charge in [-0.3, -0.25) is 4.99 Å². The third-order valence-electron chi connectivity index (χ3n) is 3.97. The first-order chi connectivity index (χ1) is 12.5. The molecule has 0 aliphatic rings. The van der Waals surface area contributed by atoms with Gasteiger partial charge in [0.15, 0.2) is 5.96 Å². The molecule has 0 aliphatic heterocycles. The van der Waals surface area contributed by atoms with Gasteiger partial charge in [-0.05, 0) is 45.3 Å². The molecule has 1 aromatic carbocycles. The molecule has 1 unspecified atom stereocenters. The van der Waals surface area contributed by atoms with E-state index in [9.17, 15) is 8.78 Å². The van der Waals surface area contributed by atoms with Gasteiger partial charge in [0.1, 0.15) is 17.4 Å². The monoisotopic (exact) mass is 364 g/mol. The van der Waals surface area contributed by atoms with Crippen LogP contribution in [0.1, 0.15) is 24.3 Å².